The van der Waals surface area contributed by atoms with Gasteiger partial charge in [-0.15, -0.1) is 0 Å². The van der Waals surface area contributed by atoms with Gasteiger partial charge in [-0.05, 0) is 23.8 Å². The van der Waals surface area contributed by atoms with Crippen LogP contribution in [0.1, 0.15) is 0 Å². The lowest BCUT2D eigenvalue weighted by Gasteiger charge is -2.11. The fraction of sp³-hybridized carbons (Fsp3) is 0.0400. The summed E-state index contributed by atoms with van der Waals surface area (Å²) in [6.07, 6.45) is 0. The summed E-state index contributed by atoms with van der Waals surface area (Å²) >= 11 is 0. The highest BCUT2D eigenvalue weighted by molar-refractivity contribution is 6.67. The molecule has 0 atom stereocenters. The zero-order chi connectivity index (χ0) is 18.9. The van der Waals surface area contributed by atoms with Crippen LogP contribution in [-0.4, -0.2) is 16.6 Å². The number of nitrogens with one attached hydrogen (secondary N) is 1. The molecule has 0 aliphatic rings. The first-order chi connectivity index (χ1) is 13.8. The maximum atomic E-state index is 6.11. The fourth-order valence-electron chi connectivity index (χ4n) is 3.67. The minimum Gasteiger partial charge on any atom is -0.456 e. The fourth-order valence-corrected chi connectivity index (χ4v) is 4.77. The quantitative estimate of drug-likeness (QED) is 0.448. The molecule has 0 unspecified atom stereocenters. The first kappa shape index (κ1) is 16.8. The predicted molar refractivity (Wildman–Crippen MR) is 120 cm³/mol. The molecule has 0 saturated heterocycles. The Morgan fingerprint density at radius 1 is 0.679 bits per heavy atom. The van der Waals surface area contributed by atoms with E-state index in [1.165, 1.54) is 15.9 Å². The lowest BCUT2D eigenvalue weighted by atomic mass is 10.0. The molecule has 0 aliphatic heterocycles. The summed E-state index contributed by atoms with van der Waals surface area (Å²) in [5.74, 6) is 0. The molecule has 3 heteroatoms. The number of hydrogen-bond acceptors (Lipinski definition) is 2. The number of furan rings is 1. The molecular weight excluding hydrogens is 358 g/mol. The SMILES string of the molecule is CNc1cc2c(cc1-c1cccc([Si]c3ccccc3)c1)oc1ccccc12. The van der Waals surface area contributed by atoms with Gasteiger partial charge in [0.05, 0.1) is 0 Å². The van der Waals surface area contributed by atoms with Crippen LogP contribution in [0, 0.1) is 0 Å². The average molecular weight is 378 g/mol. The number of anilines is 1. The van der Waals surface area contributed by atoms with Crippen molar-refractivity contribution in [2.75, 3.05) is 12.4 Å². The second-order valence-corrected chi connectivity index (χ2v) is 8.22. The van der Waals surface area contributed by atoms with Gasteiger partial charge in [0.25, 0.3) is 0 Å². The Bertz CT molecular complexity index is 1270. The highest BCUT2D eigenvalue weighted by Crippen LogP contribution is 2.36. The van der Waals surface area contributed by atoms with E-state index >= 15 is 0 Å². The molecule has 134 valence electrons. The maximum Gasteiger partial charge on any atom is 0.136 e. The molecule has 5 rings (SSSR count). The van der Waals surface area contributed by atoms with Crippen LogP contribution in [0.25, 0.3) is 33.1 Å². The molecule has 0 amide bonds. The van der Waals surface area contributed by atoms with Crippen molar-refractivity contribution in [3.63, 3.8) is 0 Å². The van der Waals surface area contributed by atoms with Gasteiger partial charge in [-0.3, -0.25) is 0 Å². The number of hydrogen-bond donors (Lipinski definition) is 1. The van der Waals surface area contributed by atoms with Gasteiger partial charge in [-0.25, -0.2) is 0 Å². The van der Waals surface area contributed by atoms with E-state index in [-0.39, 0.29) is 0 Å². The molecular formula is C25H19NOSi. The summed E-state index contributed by atoms with van der Waals surface area (Å²) in [5, 5.41) is 8.35. The molecule has 28 heavy (non-hydrogen) atoms. The van der Waals surface area contributed by atoms with Crippen molar-refractivity contribution in [3.8, 4) is 11.1 Å². The van der Waals surface area contributed by atoms with E-state index in [0.717, 1.165) is 33.2 Å². The van der Waals surface area contributed by atoms with Crippen molar-refractivity contribution in [1.82, 2.24) is 0 Å². The molecule has 5 aromatic rings. The third kappa shape index (κ3) is 3.00. The van der Waals surface area contributed by atoms with E-state index in [1.807, 2.05) is 19.2 Å². The molecule has 2 nitrogen and oxygen atoms in total. The van der Waals surface area contributed by atoms with Gasteiger partial charge < -0.3 is 9.73 Å². The molecule has 0 saturated carbocycles. The summed E-state index contributed by atoms with van der Waals surface area (Å²) in [4.78, 5) is 0. The van der Waals surface area contributed by atoms with Gasteiger partial charge in [0.2, 0.25) is 0 Å². The minimum absolute atomic E-state index is 0.645. The molecule has 0 aliphatic carbocycles. The van der Waals surface area contributed by atoms with Gasteiger partial charge in [-0.2, -0.15) is 0 Å². The molecule has 1 aromatic heterocycles. The first-order valence-corrected chi connectivity index (χ1v) is 10.4. The smallest absolute Gasteiger partial charge is 0.136 e. The third-order valence-electron chi connectivity index (χ3n) is 5.02. The van der Waals surface area contributed by atoms with Crippen molar-refractivity contribution in [1.29, 1.82) is 0 Å². The number of para-hydroxylation sites is 1. The summed E-state index contributed by atoms with van der Waals surface area (Å²) in [5.41, 5.74) is 5.32. The van der Waals surface area contributed by atoms with Gasteiger partial charge in [0, 0.05) is 29.1 Å². The van der Waals surface area contributed by atoms with Crippen molar-refractivity contribution < 1.29 is 4.42 Å². The second kappa shape index (κ2) is 7.02. The Balaban J connectivity index is 1.62. The van der Waals surface area contributed by atoms with E-state index in [9.17, 15) is 0 Å². The molecule has 2 radical (unpaired) electrons. The van der Waals surface area contributed by atoms with Crippen LogP contribution in [0.5, 0.6) is 0 Å². The molecule has 1 N–H and O–H groups in total. The van der Waals surface area contributed by atoms with E-state index in [0.29, 0.717) is 9.52 Å². The molecule has 0 spiro atoms. The van der Waals surface area contributed by atoms with Crippen molar-refractivity contribution in [3.05, 3.63) is 91.0 Å². The number of fused-ring (bicyclic) bond motifs is 3. The van der Waals surface area contributed by atoms with Crippen LogP contribution in [0.15, 0.2) is 95.4 Å². The highest BCUT2D eigenvalue weighted by Gasteiger charge is 2.13. The van der Waals surface area contributed by atoms with E-state index in [2.05, 4.69) is 84.2 Å². The van der Waals surface area contributed by atoms with Gasteiger partial charge in [0.15, 0.2) is 0 Å². The lowest BCUT2D eigenvalue weighted by Crippen LogP contribution is -2.26. The Morgan fingerprint density at radius 3 is 2.32 bits per heavy atom. The Labute approximate surface area is 166 Å². The molecule has 0 bridgehead atoms. The normalized spacial score (nSPS) is 11.2. The zero-order valence-electron chi connectivity index (χ0n) is 15.6. The third-order valence-corrected chi connectivity index (χ3v) is 6.24. The van der Waals surface area contributed by atoms with Crippen LogP contribution in [0.2, 0.25) is 0 Å². The van der Waals surface area contributed by atoms with E-state index < -0.39 is 0 Å². The van der Waals surface area contributed by atoms with Gasteiger partial charge in [0.1, 0.15) is 20.7 Å². The zero-order valence-corrected chi connectivity index (χ0v) is 16.6. The van der Waals surface area contributed by atoms with Gasteiger partial charge >= 0.3 is 0 Å². The summed E-state index contributed by atoms with van der Waals surface area (Å²) < 4.78 is 6.11. The topological polar surface area (TPSA) is 25.2 Å². The maximum absolute atomic E-state index is 6.11. The highest BCUT2D eigenvalue weighted by atomic mass is 28.2. The molecule has 1 heterocycles. The monoisotopic (exact) mass is 377 g/mol. The Hall–Kier alpha value is -3.30. The summed E-state index contributed by atoms with van der Waals surface area (Å²) in [7, 11) is 2.62. The van der Waals surface area contributed by atoms with E-state index in [4.69, 9.17) is 4.42 Å². The van der Waals surface area contributed by atoms with Gasteiger partial charge in [-0.1, -0.05) is 83.2 Å². The van der Waals surface area contributed by atoms with Crippen molar-refractivity contribution >= 4 is 47.5 Å². The van der Waals surface area contributed by atoms with Crippen LogP contribution in [0.3, 0.4) is 0 Å². The average Bonchev–Trinajstić information content (AvgIpc) is 3.11. The summed E-state index contributed by atoms with van der Waals surface area (Å²) in [6.45, 7) is 0. The van der Waals surface area contributed by atoms with Crippen LogP contribution in [-0.2, 0) is 0 Å². The van der Waals surface area contributed by atoms with Crippen LogP contribution in [0.4, 0.5) is 5.69 Å². The Kier molecular flexibility index (Phi) is 4.22. The molecule has 0 fully saturated rings. The number of rotatable bonds is 4. The summed E-state index contributed by atoms with van der Waals surface area (Å²) in [6, 6.07) is 32.0. The van der Waals surface area contributed by atoms with Crippen LogP contribution >= 0.6 is 0 Å². The standard InChI is InChI=1S/C25H19NOSi/c1-26-23-15-22-20-12-5-6-13-24(20)27-25(22)16-21(23)17-8-7-11-19(14-17)28-18-9-3-2-4-10-18/h2-16,26H,1H3. The number of benzene rings is 4. The lowest BCUT2D eigenvalue weighted by molar-refractivity contribution is 0.669. The first-order valence-electron chi connectivity index (χ1n) is 9.37. The molecule has 4 aromatic carbocycles. The second-order valence-electron chi connectivity index (χ2n) is 6.81. The van der Waals surface area contributed by atoms with Crippen molar-refractivity contribution in [2.24, 2.45) is 0 Å². The predicted octanol–water partition coefficient (Wildman–Crippen LogP) is 4.95. The largest absolute Gasteiger partial charge is 0.456 e. The minimum atomic E-state index is 0.645. The van der Waals surface area contributed by atoms with Crippen LogP contribution < -0.4 is 15.7 Å². The Morgan fingerprint density at radius 2 is 1.46 bits per heavy atom. The van der Waals surface area contributed by atoms with Crippen molar-refractivity contribution in [2.45, 2.75) is 0 Å². The van der Waals surface area contributed by atoms with E-state index in [1.54, 1.807) is 0 Å².